The van der Waals surface area contributed by atoms with Crippen molar-refractivity contribution < 1.29 is 23.4 Å². The summed E-state index contributed by atoms with van der Waals surface area (Å²) in [5.41, 5.74) is 0.797. The van der Waals surface area contributed by atoms with E-state index in [1.165, 1.54) is 12.1 Å². The molecule has 5 heterocycles. The number of phenols is 1. The number of hydrogen-bond donors (Lipinski definition) is 2. The number of fused-ring (bicyclic) bond motifs is 4. The number of nitrogens with zero attached hydrogens (tertiary/aromatic N) is 5. The number of phenolic OH excluding ortho intramolecular Hbond substituents is 1. The summed E-state index contributed by atoms with van der Waals surface area (Å²) in [5.74, 6) is -0.509. The fourth-order valence-corrected chi connectivity index (χ4v) is 7.25. The van der Waals surface area contributed by atoms with E-state index < -0.39 is 11.6 Å². The van der Waals surface area contributed by atoms with Crippen molar-refractivity contribution in [2.24, 2.45) is 5.41 Å². The molecule has 0 amide bonds. The average Bonchev–Trinajstić information content (AvgIpc) is 3.71. The van der Waals surface area contributed by atoms with Crippen LogP contribution in [0.3, 0.4) is 0 Å². The molecule has 44 heavy (non-hydrogen) atoms. The Kier molecular flexibility index (Phi) is 6.80. The molecule has 0 radical (unpaired) electrons. The van der Waals surface area contributed by atoms with Crippen molar-refractivity contribution in [3.63, 3.8) is 0 Å². The van der Waals surface area contributed by atoms with Crippen LogP contribution >= 0.6 is 0 Å². The second kappa shape index (κ2) is 10.7. The molecule has 4 aromatic rings. The van der Waals surface area contributed by atoms with E-state index in [2.05, 4.69) is 25.1 Å². The molecular weight excluding hydrogens is 566 g/mol. The van der Waals surface area contributed by atoms with Gasteiger partial charge in [0.05, 0.1) is 25.2 Å². The first-order valence-electron chi connectivity index (χ1n) is 15.6. The van der Waals surface area contributed by atoms with Crippen LogP contribution in [0.1, 0.15) is 31.2 Å². The van der Waals surface area contributed by atoms with E-state index >= 15 is 4.39 Å². The van der Waals surface area contributed by atoms with Gasteiger partial charge in [-0.15, -0.1) is 0 Å². The van der Waals surface area contributed by atoms with Crippen LogP contribution in [-0.4, -0.2) is 89.6 Å². The summed E-state index contributed by atoms with van der Waals surface area (Å²) < 4.78 is 43.2. The van der Waals surface area contributed by atoms with Gasteiger partial charge in [-0.1, -0.05) is 6.07 Å². The molecule has 2 N–H and O–H groups in total. The highest BCUT2D eigenvalue weighted by Gasteiger charge is 2.45. The molecule has 8 rings (SSSR count). The molecule has 2 atom stereocenters. The molecule has 2 aromatic heterocycles. The van der Waals surface area contributed by atoms with Crippen LogP contribution in [0.5, 0.6) is 11.8 Å². The summed E-state index contributed by atoms with van der Waals surface area (Å²) in [6, 6.07) is 6.74. The number of aryl methyl sites for hydroxylation is 1. The van der Waals surface area contributed by atoms with Gasteiger partial charge in [0.2, 0.25) is 0 Å². The van der Waals surface area contributed by atoms with Gasteiger partial charge >= 0.3 is 6.01 Å². The minimum Gasteiger partial charge on any atom is -0.508 e. The predicted octanol–water partition coefficient (Wildman–Crippen LogP) is 4.57. The normalized spacial score (nSPS) is 23.0. The number of nitrogens with one attached hydrogen (secondary N) is 1. The first kappa shape index (κ1) is 27.8. The maximum absolute atomic E-state index is 16.7. The third kappa shape index (κ3) is 5.00. The van der Waals surface area contributed by atoms with Crippen LogP contribution in [0.2, 0.25) is 0 Å². The fourth-order valence-electron chi connectivity index (χ4n) is 7.25. The van der Waals surface area contributed by atoms with Crippen LogP contribution in [0.4, 0.5) is 14.6 Å². The van der Waals surface area contributed by atoms with Crippen LogP contribution in [-0.2, 0) is 4.74 Å². The Balaban J connectivity index is 1.21. The van der Waals surface area contributed by atoms with Gasteiger partial charge in [0, 0.05) is 62.0 Å². The minimum absolute atomic E-state index is 0.00550. The van der Waals surface area contributed by atoms with Crippen molar-refractivity contribution in [2.75, 3.05) is 57.4 Å². The first-order valence-corrected chi connectivity index (χ1v) is 15.6. The molecule has 0 unspecified atom stereocenters. The number of hydrogen-bond acceptors (Lipinski definition) is 9. The maximum atomic E-state index is 16.7. The quantitative estimate of drug-likeness (QED) is 0.316. The fraction of sp³-hybridized carbons (Fsp3) is 0.485. The summed E-state index contributed by atoms with van der Waals surface area (Å²) >= 11 is 0. The molecular formula is C33H36F2N6O3. The zero-order valence-electron chi connectivity index (χ0n) is 24.8. The molecule has 3 aliphatic heterocycles. The molecule has 2 bridgehead atoms. The van der Waals surface area contributed by atoms with Gasteiger partial charge in [-0.25, -0.2) is 8.78 Å². The van der Waals surface area contributed by atoms with E-state index in [1.807, 2.05) is 0 Å². The van der Waals surface area contributed by atoms with Gasteiger partial charge < -0.3 is 24.8 Å². The number of anilines is 1. The summed E-state index contributed by atoms with van der Waals surface area (Å²) in [6.45, 7) is 7.86. The smallest absolute Gasteiger partial charge is 0.319 e. The lowest BCUT2D eigenvalue weighted by Crippen LogP contribution is -2.51. The zero-order valence-corrected chi connectivity index (χ0v) is 24.8. The Morgan fingerprint density at radius 1 is 1.09 bits per heavy atom. The molecule has 2 aromatic carbocycles. The summed E-state index contributed by atoms with van der Waals surface area (Å²) in [7, 11) is 0. The second-order valence-electron chi connectivity index (χ2n) is 13.0. The van der Waals surface area contributed by atoms with Crippen LogP contribution in [0.15, 0.2) is 30.5 Å². The number of ether oxygens (including phenoxy) is 2. The summed E-state index contributed by atoms with van der Waals surface area (Å²) in [4.78, 5) is 18.7. The highest BCUT2D eigenvalue weighted by Crippen LogP contribution is 2.47. The highest BCUT2D eigenvalue weighted by atomic mass is 19.1. The van der Waals surface area contributed by atoms with Crippen molar-refractivity contribution in [3.05, 3.63) is 47.7 Å². The van der Waals surface area contributed by atoms with Gasteiger partial charge in [0.25, 0.3) is 0 Å². The monoisotopic (exact) mass is 602 g/mol. The molecule has 0 spiro atoms. The Hall–Kier alpha value is -3.67. The van der Waals surface area contributed by atoms with Gasteiger partial charge in [-0.3, -0.25) is 9.88 Å². The van der Waals surface area contributed by atoms with Crippen molar-refractivity contribution in [1.29, 1.82) is 0 Å². The number of pyridine rings is 1. The van der Waals surface area contributed by atoms with Crippen molar-refractivity contribution in [1.82, 2.24) is 25.2 Å². The molecule has 3 saturated heterocycles. The number of piperazine rings is 1. The Morgan fingerprint density at radius 2 is 1.86 bits per heavy atom. The molecule has 1 aliphatic carbocycles. The number of aromatic nitrogens is 3. The molecule has 4 fully saturated rings. The molecule has 4 aliphatic rings. The van der Waals surface area contributed by atoms with E-state index in [4.69, 9.17) is 14.5 Å². The molecule has 230 valence electrons. The first-order chi connectivity index (χ1) is 21.4. The standard InChI is InChI=1S/C33H36F2N6O3/c1-19-26(34)5-2-20-12-23(42)13-24(27(19)20)29-28(35)30-25(14-36-29)31(41-15-21-3-4-22(16-41)37-21)39-32(38-30)44-18-33(6-7-33)17-40-8-10-43-11-9-40/h2,5,12-14,21-22,37,42H,3-4,6-11,15-18H2,1H3/t21-,22+. The van der Waals surface area contributed by atoms with Crippen LogP contribution in [0.25, 0.3) is 32.9 Å². The number of halogens is 2. The molecule has 9 nitrogen and oxygen atoms in total. The lowest BCUT2D eigenvalue weighted by Gasteiger charge is -2.34. The van der Waals surface area contributed by atoms with Crippen LogP contribution < -0.4 is 15.0 Å². The van der Waals surface area contributed by atoms with E-state index in [-0.39, 0.29) is 28.4 Å². The van der Waals surface area contributed by atoms with Crippen molar-refractivity contribution in [2.45, 2.75) is 44.7 Å². The van der Waals surface area contributed by atoms with Crippen LogP contribution in [0, 0.1) is 24.0 Å². The zero-order chi connectivity index (χ0) is 30.0. The Labute approximate surface area is 254 Å². The topological polar surface area (TPSA) is 95.9 Å². The summed E-state index contributed by atoms with van der Waals surface area (Å²) in [6.07, 6.45) is 5.91. The van der Waals surface area contributed by atoms with E-state index in [9.17, 15) is 9.50 Å². The van der Waals surface area contributed by atoms with Crippen molar-refractivity contribution in [3.8, 4) is 23.0 Å². The molecule has 11 heteroatoms. The van der Waals surface area contributed by atoms with E-state index in [0.29, 0.717) is 51.8 Å². The van der Waals surface area contributed by atoms with Crippen molar-refractivity contribution >= 4 is 27.5 Å². The Bertz CT molecular complexity index is 1750. The third-order valence-corrected chi connectivity index (χ3v) is 9.84. The summed E-state index contributed by atoms with van der Waals surface area (Å²) in [5, 5.41) is 15.7. The number of rotatable bonds is 7. The maximum Gasteiger partial charge on any atom is 0.319 e. The van der Waals surface area contributed by atoms with E-state index in [0.717, 1.165) is 71.6 Å². The SMILES string of the molecule is Cc1c(F)ccc2cc(O)cc(-c3ncc4c(N5C[C@H]6CC[C@@H](C5)N6)nc(OCC5(CN6CCOCC6)CC5)nc4c3F)c12. The number of morpholine rings is 1. The minimum atomic E-state index is -0.654. The van der Waals surface area contributed by atoms with E-state index in [1.54, 1.807) is 25.3 Å². The van der Waals surface area contributed by atoms with Gasteiger partial charge in [0.1, 0.15) is 28.6 Å². The highest BCUT2D eigenvalue weighted by molar-refractivity contribution is 6.01. The molecule has 1 saturated carbocycles. The lowest BCUT2D eigenvalue weighted by molar-refractivity contribution is 0.0231. The third-order valence-electron chi connectivity index (χ3n) is 9.84. The predicted molar refractivity (Wildman–Crippen MR) is 163 cm³/mol. The largest absolute Gasteiger partial charge is 0.508 e. The Morgan fingerprint density at radius 3 is 2.61 bits per heavy atom. The second-order valence-corrected chi connectivity index (χ2v) is 13.0. The number of benzene rings is 2. The number of aromatic hydroxyl groups is 1. The van der Waals surface area contributed by atoms with Gasteiger partial charge in [0.15, 0.2) is 5.82 Å². The van der Waals surface area contributed by atoms with Gasteiger partial charge in [-0.05, 0) is 67.1 Å². The lowest BCUT2D eigenvalue weighted by atomic mass is 9.96. The van der Waals surface area contributed by atoms with Gasteiger partial charge in [-0.2, -0.15) is 9.97 Å². The average molecular weight is 603 g/mol.